The second kappa shape index (κ2) is 8.00. The Balaban J connectivity index is 1.37. The normalized spacial score (nSPS) is 14.3. The molecule has 1 aliphatic rings. The predicted octanol–water partition coefficient (Wildman–Crippen LogP) is 4.98. The van der Waals surface area contributed by atoms with Crippen LogP contribution in [-0.2, 0) is 7.05 Å². The summed E-state index contributed by atoms with van der Waals surface area (Å²) in [6, 6.07) is 19.5. The Labute approximate surface area is 186 Å². The molecule has 1 aliphatic carbocycles. The number of benzene rings is 2. The maximum Gasteiger partial charge on any atom is 0.319 e. The molecule has 1 saturated carbocycles. The molecule has 162 valence electrons. The van der Waals surface area contributed by atoms with E-state index >= 15 is 0 Å². The smallest absolute Gasteiger partial charge is 0.319 e. The topological polar surface area (TPSA) is 97.9 Å². The Morgan fingerprint density at radius 2 is 1.84 bits per heavy atom. The van der Waals surface area contributed by atoms with Crippen LogP contribution in [0.2, 0.25) is 0 Å². The number of urea groups is 1. The number of rotatable bonds is 5. The van der Waals surface area contributed by atoms with Gasteiger partial charge in [0, 0.05) is 24.3 Å². The lowest BCUT2D eigenvalue weighted by Gasteiger charge is -2.15. The van der Waals surface area contributed by atoms with Crippen molar-refractivity contribution in [3.63, 3.8) is 0 Å². The summed E-state index contributed by atoms with van der Waals surface area (Å²) in [7, 11) is 1.87. The monoisotopic (exact) mass is 426 g/mol. The summed E-state index contributed by atoms with van der Waals surface area (Å²) in [5, 5.41) is 11.1. The van der Waals surface area contributed by atoms with Gasteiger partial charge in [0.05, 0.1) is 11.4 Å². The van der Waals surface area contributed by atoms with E-state index in [1.165, 1.54) is 12.8 Å². The van der Waals surface area contributed by atoms with Gasteiger partial charge in [-0.2, -0.15) is 5.10 Å². The molecule has 4 aromatic rings. The molecule has 5 rings (SSSR count). The number of nitrogens with zero attached hydrogens (tertiary/aromatic N) is 3. The largest absolute Gasteiger partial charge is 0.382 e. The summed E-state index contributed by atoms with van der Waals surface area (Å²) in [4.78, 5) is 17.3. The van der Waals surface area contributed by atoms with E-state index in [1.807, 2.05) is 68.6 Å². The number of nitrogens with two attached hydrogens (primary N) is 1. The van der Waals surface area contributed by atoms with Crippen molar-refractivity contribution in [2.75, 3.05) is 11.1 Å². The van der Waals surface area contributed by atoms with Gasteiger partial charge in [-0.25, -0.2) is 14.5 Å². The van der Waals surface area contributed by atoms with Gasteiger partial charge in [0.15, 0.2) is 11.5 Å². The number of hydrogen-bond acceptors (Lipinski definition) is 4. The van der Waals surface area contributed by atoms with Crippen LogP contribution in [0.4, 0.5) is 16.3 Å². The number of nitrogens with one attached hydrogen (secondary N) is 2. The molecule has 1 fully saturated rings. The number of aryl methyl sites for hydroxylation is 1. The van der Waals surface area contributed by atoms with Gasteiger partial charge >= 0.3 is 6.03 Å². The minimum absolute atomic E-state index is 0.0880. The van der Waals surface area contributed by atoms with E-state index in [0.717, 1.165) is 39.1 Å². The van der Waals surface area contributed by atoms with Crippen LogP contribution in [0, 0.1) is 0 Å². The van der Waals surface area contributed by atoms with Crippen molar-refractivity contribution in [2.45, 2.75) is 31.7 Å². The minimum Gasteiger partial charge on any atom is -0.382 e. The fourth-order valence-electron chi connectivity index (χ4n) is 4.03. The lowest BCUT2D eigenvalue weighted by molar-refractivity contribution is 0.249. The summed E-state index contributed by atoms with van der Waals surface area (Å²) in [6.45, 7) is 1.96. The third kappa shape index (κ3) is 3.89. The van der Waals surface area contributed by atoms with Gasteiger partial charge in [0.1, 0.15) is 0 Å². The van der Waals surface area contributed by atoms with E-state index in [9.17, 15) is 4.79 Å². The van der Waals surface area contributed by atoms with Crippen molar-refractivity contribution < 1.29 is 4.79 Å². The number of aromatic nitrogens is 3. The number of fused-ring (bicyclic) bond motifs is 1. The summed E-state index contributed by atoms with van der Waals surface area (Å²) < 4.78 is 1.74. The van der Waals surface area contributed by atoms with Crippen LogP contribution >= 0.6 is 0 Å². The van der Waals surface area contributed by atoms with Crippen molar-refractivity contribution in [3.05, 3.63) is 71.9 Å². The summed E-state index contributed by atoms with van der Waals surface area (Å²) >= 11 is 0. The van der Waals surface area contributed by atoms with Gasteiger partial charge in [0.2, 0.25) is 0 Å². The Morgan fingerprint density at radius 3 is 2.53 bits per heavy atom. The molecule has 2 aromatic carbocycles. The first-order valence-corrected chi connectivity index (χ1v) is 10.9. The zero-order valence-corrected chi connectivity index (χ0v) is 18.2. The highest BCUT2D eigenvalue weighted by molar-refractivity contribution is 6.00. The van der Waals surface area contributed by atoms with Crippen LogP contribution in [0.3, 0.4) is 0 Å². The number of hydrogen-bond donors (Lipinski definition) is 3. The van der Waals surface area contributed by atoms with E-state index < -0.39 is 0 Å². The van der Waals surface area contributed by atoms with Crippen molar-refractivity contribution >= 4 is 28.6 Å². The molecular weight excluding hydrogens is 400 g/mol. The molecule has 1 atom stereocenters. The second-order valence-corrected chi connectivity index (χ2v) is 8.38. The summed E-state index contributed by atoms with van der Waals surface area (Å²) in [5.41, 5.74) is 11.9. The van der Waals surface area contributed by atoms with Crippen molar-refractivity contribution in [1.82, 2.24) is 20.1 Å². The average Bonchev–Trinajstić information content (AvgIpc) is 3.60. The third-order valence-electron chi connectivity index (χ3n) is 5.94. The summed E-state index contributed by atoms with van der Waals surface area (Å²) in [6.07, 6.45) is 2.34. The van der Waals surface area contributed by atoms with E-state index in [0.29, 0.717) is 11.7 Å². The maximum absolute atomic E-state index is 12.4. The molecule has 0 spiro atoms. The fourth-order valence-corrected chi connectivity index (χ4v) is 4.03. The maximum atomic E-state index is 12.4. The molecular formula is C25H26N6O. The molecule has 0 bridgehead atoms. The van der Waals surface area contributed by atoms with E-state index in [1.54, 1.807) is 4.68 Å². The first kappa shape index (κ1) is 20.1. The van der Waals surface area contributed by atoms with Gasteiger partial charge in [0.25, 0.3) is 0 Å². The van der Waals surface area contributed by atoms with Crippen LogP contribution in [0.25, 0.3) is 22.2 Å². The van der Waals surface area contributed by atoms with E-state index in [4.69, 9.17) is 10.7 Å². The minimum atomic E-state index is -0.243. The number of amides is 2. The predicted molar refractivity (Wildman–Crippen MR) is 127 cm³/mol. The van der Waals surface area contributed by atoms with Crippen LogP contribution in [0.15, 0.2) is 60.7 Å². The molecule has 7 nitrogen and oxygen atoms in total. The first-order valence-electron chi connectivity index (χ1n) is 10.9. The number of carbonyl (C=O) groups is 1. The quantitative estimate of drug-likeness (QED) is 0.419. The van der Waals surface area contributed by atoms with E-state index in [-0.39, 0.29) is 12.1 Å². The van der Waals surface area contributed by atoms with Gasteiger partial charge in [-0.15, -0.1) is 0 Å². The number of nitrogen functional groups attached to an aromatic ring is 1. The standard InChI is InChI=1S/C25H26N6O/c1-15(16-6-4-3-5-7-16)27-25(32)28-19-12-10-17(11-13-19)20-14-21(18-8-9-18)29-24-22(20)23(26)30-31(24)2/h3-7,10-15,18H,8-9H2,1-2H3,(H2,26,30)(H2,27,28,32)/t15-/m0/s1. The van der Waals surface area contributed by atoms with Crippen LogP contribution in [-0.4, -0.2) is 20.8 Å². The van der Waals surface area contributed by atoms with Gasteiger partial charge < -0.3 is 16.4 Å². The number of anilines is 2. The first-order chi connectivity index (χ1) is 15.5. The average molecular weight is 427 g/mol. The van der Waals surface area contributed by atoms with E-state index in [2.05, 4.69) is 21.8 Å². The number of carbonyl (C=O) groups excluding carboxylic acids is 1. The van der Waals surface area contributed by atoms with Crippen LogP contribution < -0.4 is 16.4 Å². The molecule has 2 amide bonds. The fraction of sp³-hybridized carbons (Fsp3) is 0.240. The SMILES string of the molecule is C[C@H](NC(=O)Nc1ccc(-c2cc(C3CC3)nc3c2c(N)nn3C)cc1)c1ccccc1. The van der Waals surface area contributed by atoms with Crippen molar-refractivity contribution in [2.24, 2.45) is 7.05 Å². The lowest BCUT2D eigenvalue weighted by Crippen LogP contribution is -2.31. The lowest BCUT2D eigenvalue weighted by atomic mass is 10.0. The van der Waals surface area contributed by atoms with Gasteiger partial charge in [-0.3, -0.25) is 0 Å². The Morgan fingerprint density at radius 1 is 1.12 bits per heavy atom. The molecule has 2 heterocycles. The molecule has 0 unspecified atom stereocenters. The molecule has 7 heteroatoms. The molecule has 0 aliphatic heterocycles. The molecule has 32 heavy (non-hydrogen) atoms. The van der Waals surface area contributed by atoms with Crippen LogP contribution in [0.1, 0.15) is 43.0 Å². The summed E-state index contributed by atoms with van der Waals surface area (Å²) in [5.74, 6) is 0.995. The molecule has 0 saturated heterocycles. The Hall–Kier alpha value is -3.87. The second-order valence-electron chi connectivity index (χ2n) is 8.38. The highest BCUT2D eigenvalue weighted by Crippen LogP contribution is 2.42. The Bertz CT molecular complexity index is 1280. The van der Waals surface area contributed by atoms with Gasteiger partial charge in [-0.1, -0.05) is 42.5 Å². The highest BCUT2D eigenvalue weighted by atomic mass is 16.2. The van der Waals surface area contributed by atoms with Gasteiger partial charge in [-0.05, 0) is 54.7 Å². The molecule has 4 N–H and O–H groups in total. The zero-order chi connectivity index (χ0) is 22.2. The van der Waals surface area contributed by atoms with Crippen molar-refractivity contribution in [1.29, 1.82) is 0 Å². The van der Waals surface area contributed by atoms with Crippen LogP contribution in [0.5, 0.6) is 0 Å². The molecule has 0 radical (unpaired) electrons. The zero-order valence-electron chi connectivity index (χ0n) is 18.2. The highest BCUT2D eigenvalue weighted by Gasteiger charge is 2.27. The molecule has 2 aromatic heterocycles. The Kier molecular flexibility index (Phi) is 5.01. The third-order valence-corrected chi connectivity index (χ3v) is 5.94. The van der Waals surface area contributed by atoms with Crippen molar-refractivity contribution in [3.8, 4) is 11.1 Å². The number of pyridine rings is 1.